The molecule has 1 fully saturated rings. The van der Waals surface area contributed by atoms with Crippen LogP contribution in [0.3, 0.4) is 0 Å². The van der Waals surface area contributed by atoms with Crippen molar-refractivity contribution in [3.8, 4) is 0 Å². The predicted molar refractivity (Wildman–Crippen MR) is 75.8 cm³/mol. The van der Waals surface area contributed by atoms with Gasteiger partial charge in [0.2, 0.25) is 11.8 Å². The molecule has 1 rings (SSSR count). The molecule has 5 heteroatoms. The van der Waals surface area contributed by atoms with Gasteiger partial charge in [0.1, 0.15) is 6.04 Å². The van der Waals surface area contributed by atoms with Gasteiger partial charge in [-0.2, -0.15) is 0 Å². The molecule has 0 aromatic rings. The number of carbonyl (C=O) groups excluding carboxylic acids is 2. The summed E-state index contributed by atoms with van der Waals surface area (Å²) >= 11 is 0. The number of rotatable bonds is 2. The van der Waals surface area contributed by atoms with Gasteiger partial charge in [0.15, 0.2) is 0 Å². The minimum atomic E-state index is -0.465. The van der Waals surface area contributed by atoms with E-state index in [1.54, 1.807) is 6.92 Å². The van der Waals surface area contributed by atoms with E-state index in [9.17, 15) is 9.59 Å². The first-order chi connectivity index (χ1) is 8.71. The van der Waals surface area contributed by atoms with E-state index in [1.807, 2.05) is 25.7 Å². The number of amides is 2. The van der Waals surface area contributed by atoms with Crippen molar-refractivity contribution in [2.75, 3.05) is 33.2 Å². The van der Waals surface area contributed by atoms with Gasteiger partial charge < -0.3 is 15.1 Å². The van der Waals surface area contributed by atoms with Crippen molar-refractivity contribution < 1.29 is 9.59 Å². The van der Waals surface area contributed by atoms with Gasteiger partial charge in [-0.3, -0.25) is 9.59 Å². The van der Waals surface area contributed by atoms with Gasteiger partial charge in [0.05, 0.1) is 0 Å². The lowest BCUT2D eigenvalue weighted by Gasteiger charge is -2.27. The zero-order valence-corrected chi connectivity index (χ0v) is 12.8. The molecule has 0 aliphatic carbocycles. The first-order valence-electron chi connectivity index (χ1n) is 7.00. The van der Waals surface area contributed by atoms with Crippen molar-refractivity contribution in [2.45, 2.75) is 40.2 Å². The minimum absolute atomic E-state index is 0.0212. The number of carbonyl (C=O) groups is 2. The average Bonchev–Trinajstić information content (AvgIpc) is 2.51. The van der Waals surface area contributed by atoms with Gasteiger partial charge in [-0.05, 0) is 26.9 Å². The third-order valence-corrected chi connectivity index (χ3v) is 3.43. The largest absolute Gasteiger partial charge is 0.344 e. The van der Waals surface area contributed by atoms with Crippen molar-refractivity contribution in [3.63, 3.8) is 0 Å². The quantitative estimate of drug-likeness (QED) is 0.803. The maximum atomic E-state index is 12.3. The van der Waals surface area contributed by atoms with Gasteiger partial charge in [-0.25, -0.2) is 0 Å². The molecule has 1 aliphatic rings. The molecule has 0 aromatic carbocycles. The molecule has 5 nitrogen and oxygen atoms in total. The molecule has 0 radical (unpaired) electrons. The second kappa shape index (κ2) is 6.37. The fourth-order valence-corrected chi connectivity index (χ4v) is 2.02. The van der Waals surface area contributed by atoms with Crippen LogP contribution in [0.25, 0.3) is 0 Å². The van der Waals surface area contributed by atoms with Gasteiger partial charge in [-0.1, -0.05) is 20.8 Å². The van der Waals surface area contributed by atoms with Gasteiger partial charge in [-0.15, -0.1) is 0 Å². The third-order valence-electron chi connectivity index (χ3n) is 3.43. The monoisotopic (exact) mass is 269 g/mol. The summed E-state index contributed by atoms with van der Waals surface area (Å²) in [4.78, 5) is 28.3. The van der Waals surface area contributed by atoms with E-state index < -0.39 is 11.5 Å². The van der Waals surface area contributed by atoms with E-state index in [4.69, 9.17) is 0 Å². The molecule has 19 heavy (non-hydrogen) atoms. The molecule has 110 valence electrons. The summed E-state index contributed by atoms with van der Waals surface area (Å²) in [5.41, 5.74) is -0.465. The van der Waals surface area contributed by atoms with Crippen molar-refractivity contribution in [3.05, 3.63) is 0 Å². The van der Waals surface area contributed by atoms with E-state index in [0.29, 0.717) is 0 Å². The highest BCUT2D eigenvalue weighted by Gasteiger charge is 2.27. The van der Waals surface area contributed by atoms with Crippen molar-refractivity contribution in [2.24, 2.45) is 5.41 Å². The maximum absolute atomic E-state index is 12.3. The molecule has 1 saturated heterocycles. The highest BCUT2D eigenvalue weighted by atomic mass is 16.2. The Kier molecular flexibility index (Phi) is 5.35. The average molecular weight is 269 g/mol. The standard InChI is InChI=1S/C14H27N3O2/c1-11(15-13(19)14(2,3)4)12(18)17-8-6-7-16(5)9-10-17/h11H,6-10H2,1-5H3,(H,15,19). The van der Waals surface area contributed by atoms with Crippen LogP contribution in [0.15, 0.2) is 0 Å². The maximum Gasteiger partial charge on any atom is 0.244 e. The van der Waals surface area contributed by atoms with Gasteiger partial charge in [0.25, 0.3) is 0 Å². The van der Waals surface area contributed by atoms with Crippen LogP contribution in [0, 0.1) is 5.41 Å². The third kappa shape index (κ3) is 4.82. The Labute approximate surface area is 116 Å². The van der Waals surface area contributed by atoms with E-state index in [-0.39, 0.29) is 11.8 Å². The van der Waals surface area contributed by atoms with Gasteiger partial charge in [0, 0.05) is 25.0 Å². The Morgan fingerprint density at radius 1 is 1.11 bits per heavy atom. The van der Waals surface area contributed by atoms with Crippen LogP contribution >= 0.6 is 0 Å². The van der Waals surface area contributed by atoms with Crippen LogP contribution in [0.2, 0.25) is 0 Å². The molecule has 1 unspecified atom stereocenters. The summed E-state index contributed by atoms with van der Waals surface area (Å²) in [5.74, 6) is -0.0619. The van der Waals surface area contributed by atoms with Crippen molar-refractivity contribution >= 4 is 11.8 Å². The molecule has 0 spiro atoms. The SMILES string of the molecule is CC(NC(=O)C(C)(C)C)C(=O)N1CCCN(C)CC1. The topological polar surface area (TPSA) is 52.7 Å². The Bertz CT molecular complexity index is 336. The van der Waals surface area contributed by atoms with Crippen LogP contribution in [0.4, 0.5) is 0 Å². The lowest BCUT2D eigenvalue weighted by atomic mass is 9.95. The van der Waals surface area contributed by atoms with E-state index in [2.05, 4.69) is 17.3 Å². The molecule has 1 atom stereocenters. The summed E-state index contributed by atoms with van der Waals surface area (Å²) in [7, 11) is 2.07. The van der Waals surface area contributed by atoms with E-state index in [1.165, 1.54) is 0 Å². The van der Waals surface area contributed by atoms with E-state index in [0.717, 1.165) is 32.6 Å². The highest BCUT2D eigenvalue weighted by Crippen LogP contribution is 2.13. The number of likely N-dealkylation sites (N-methyl/N-ethyl adjacent to an activating group) is 1. The zero-order valence-electron chi connectivity index (χ0n) is 12.8. The second-order valence-corrected chi connectivity index (χ2v) is 6.43. The molecule has 1 N–H and O–H groups in total. The number of hydrogen-bond donors (Lipinski definition) is 1. The summed E-state index contributed by atoms with van der Waals surface area (Å²) in [6, 6.07) is -0.449. The first-order valence-corrected chi connectivity index (χ1v) is 7.00. The zero-order chi connectivity index (χ0) is 14.6. The van der Waals surface area contributed by atoms with Crippen LogP contribution < -0.4 is 5.32 Å². The summed E-state index contributed by atoms with van der Waals surface area (Å²) in [5, 5.41) is 2.80. The molecule has 1 aliphatic heterocycles. The summed E-state index contributed by atoms with van der Waals surface area (Å²) in [6.07, 6.45) is 0.988. The molecule has 0 aromatic heterocycles. The van der Waals surface area contributed by atoms with Crippen molar-refractivity contribution in [1.82, 2.24) is 15.1 Å². The molecule has 0 bridgehead atoms. The smallest absolute Gasteiger partial charge is 0.244 e. The number of nitrogens with zero attached hydrogens (tertiary/aromatic N) is 2. The lowest BCUT2D eigenvalue weighted by molar-refractivity contribution is -0.138. The lowest BCUT2D eigenvalue weighted by Crippen LogP contribution is -2.50. The minimum Gasteiger partial charge on any atom is -0.344 e. The highest BCUT2D eigenvalue weighted by molar-refractivity contribution is 5.89. The van der Waals surface area contributed by atoms with Crippen molar-refractivity contribution in [1.29, 1.82) is 0 Å². The van der Waals surface area contributed by atoms with Crippen LogP contribution in [-0.2, 0) is 9.59 Å². The van der Waals surface area contributed by atoms with E-state index >= 15 is 0 Å². The fraction of sp³-hybridized carbons (Fsp3) is 0.857. The molecule has 1 heterocycles. The molecular formula is C14H27N3O2. The van der Waals surface area contributed by atoms with Crippen LogP contribution in [0.1, 0.15) is 34.1 Å². The molecule has 2 amide bonds. The second-order valence-electron chi connectivity index (χ2n) is 6.43. The Balaban J connectivity index is 2.54. The Morgan fingerprint density at radius 3 is 2.32 bits per heavy atom. The molecule has 0 saturated carbocycles. The number of hydrogen-bond acceptors (Lipinski definition) is 3. The summed E-state index contributed by atoms with van der Waals surface area (Å²) in [6.45, 7) is 10.7. The van der Waals surface area contributed by atoms with Gasteiger partial charge >= 0.3 is 0 Å². The Hall–Kier alpha value is -1.10. The fourth-order valence-electron chi connectivity index (χ4n) is 2.02. The number of nitrogens with one attached hydrogen (secondary N) is 1. The summed E-state index contributed by atoms with van der Waals surface area (Å²) < 4.78 is 0. The normalized spacial score (nSPS) is 19.7. The Morgan fingerprint density at radius 2 is 1.74 bits per heavy atom. The first kappa shape index (κ1) is 16.0. The predicted octanol–water partition coefficient (Wildman–Crippen LogP) is 0.701. The van der Waals surface area contributed by atoms with Crippen LogP contribution in [-0.4, -0.2) is 60.9 Å². The van der Waals surface area contributed by atoms with Crippen LogP contribution in [0.5, 0.6) is 0 Å². The molecular weight excluding hydrogens is 242 g/mol.